The van der Waals surface area contributed by atoms with Crippen LogP contribution >= 0.6 is 54.5 Å². The monoisotopic (exact) mass is 433 g/mol. The lowest BCUT2D eigenvalue weighted by molar-refractivity contribution is 0.605. The molecule has 0 saturated heterocycles. The van der Waals surface area contributed by atoms with E-state index in [1.165, 1.54) is 37.3 Å². The quantitative estimate of drug-likeness (QED) is 0.616. The Morgan fingerprint density at radius 1 is 1.25 bits per heavy atom. The molecular weight excluding hydrogens is 418 g/mol. The van der Waals surface area contributed by atoms with E-state index in [1.54, 1.807) is 21.8 Å². The second kappa shape index (κ2) is 6.61. The summed E-state index contributed by atoms with van der Waals surface area (Å²) in [6.07, 6.45) is 5.03. The smallest absolute Gasteiger partial charge is 0.0762 e. The minimum atomic E-state index is 0.322. The van der Waals surface area contributed by atoms with Crippen LogP contribution in [-0.4, -0.2) is 6.54 Å². The Hall–Kier alpha value is 0.320. The third-order valence-electron chi connectivity index (χ3n) is 3.64. The van der Waals surface area contributed by atoms with E-state index in [0.717, 1.165) is 13.0 Å². The van der Waals surface area contributed by atoms with Gasteiger partial charge in [0, 0.05) is 15.3 Å². The van der Waals surface area contributed by atoms with Crippen LogP contribution in [0.4, 0.5) is 0 Å². The Kier molecular flexibility index (Phi) is 5.03. The third kappa shape index (κ3) is 3.07. The van der Waals surface area contributed by atoms with Crippen molar-refractivity contribution >= 4 is 54.5 Å². The number of halogens is 2. The van der Waals surface area contributed by atoms with E-state index in [-0.39, 0.29) is 0 Å². The Bertz CT molecular complexity index is 582. The first-order valence-electron chi connectivity index (χ1n) is 6.98. The molecule has 20 heavy (non-hydrogen) atoms. The number of nitrogens with one attached hydrogen (secondary N) is 1. The maximum Gasteiger partial charge on any atom is 0.0762 e. The predicted octanol–water partition coefficient (Wildman–Crippen LogP) is 5.91. The largest absolute Gasteiger partial charge is 0.306 e. The fourth-order valence-corrected chi connectivity index (χ4v) is 6.95. The zero-order chi connectivity index (χ0) is 14.1. The molecule has 1 aliphatic rings. The highest BCUT2D eigenvalue weighted by Crippen LogP contribution is 2.41. The van der Waals surface area contributed by atoms with Crippen LogP contribution in [0.2, 0.25) is 0 Å². The van der Waals surface area contributed by atoms with Gasteiger partial charge in [-0.05, 0) is 81.8 Å². The molecule has 0 aliphatic heterocycles. The maximum atomic E-state index is 3.72. The van der Waals surface area contributed by atoms with Crippen molar-refractivity contribution in [2.45, 2.75) is 38.6 Å². The number of rotatable bonds is 5. The van der Waals surface area contributed by atoms with Gasteiger partial charge in [-0.25, -0.2) is 0 Å². The number of aryl methyl sites for hydroxylation is 2. The van der Waals surface area contributed by atoms with Gasteiger partial charge in [0.2, 0.25) is 0 Å². The summed E-state index contributed by atoms with van der Waals surface area (Å²) in [7, 11) is 0. The van der Waals surface area contributed by atoms with E-state index in [0.29, 0.717) is 6.04 Å². The Balaban J connectivity index is 1.94. The van der Waals surface area contributed by atoms with Crippen molar-refractivity contribution in [2.75, 3.05) is 6.54 Å². The zero-order valence-corrected chi connectivity index (χ0v) is 16.1. The first-order chi connectivity index (χ1) is 9.69. The molecule has 2 aromatic heterocycles. The summed E-state index contributed by atoms with van der Waals surface area (Å²) in [5, 5.41) is 3.71. The Labute approximate surface area is 145 Å². The van der Waals surface area contributed by atoms with E-state index in [2.05, 4.69) is 56.2 Å². The average molecular weight is 435 g/mol. The minimum Gasteiger partial charge on any atom is -0.306 e. The summed E-state index contributed by atoms with van der Waals surface area (Å²) < 4.78 is 2.42. The molecule has 5 heteroatoms. The van der Waals surface area contributed by atoms with E-state index in [9.17, 15) is 0 Å². The lowest BCUT2D eigenvalue weighted by atomic mass is 10.1. The molecule has 0 bridgehead atoms. The molecule has 1 atom stereocenters. The zero-order valence-electron chi connectivity index (χ0n) is 11.3. The Morgan fingerprint density at radius 2 is 2.10 bits per heavy atom. The first-order valence-corrected chi connectivity index (χ1v) is 10.2. The average Bonchev–Trinajstić information content (AvgIpc) is 3.05. The van der Waals surface area contributed by atoms with Crippen LogP contribution in [0.25, 0.3) is 0 Å². The molecule has 3 rings (SSSR count). The molecule has 2 heterocycles. The van der Waals surface area contributed by atoms with Gasteiger partial charge in [0.05, 0.1) is 13.6 Å². The van der Waals surface area contributed by atoms with Crippen LogP contribution in [0, 0.1) is 0 Å². The molecule has 1 nitrogen and oxygen atoms in total. The number of hydrogen-bond donors (Lipinski definition) is 1. The lowest BCUT2D eigenvalue weighted by Gasteiger charge is -2.17. The predicted molar refractivity (Wildman–Crippen MR) is 96.2 cm³/mol. The van der Waals surface area contributed by atoms with Gasteiger partial charge in [0.1, 0.15) is 0 Å². The SMILES string of the molecule is CCCNC(c1cc2c(s1)CCC2)c1cc(Br)sc1Br. The summed E-state index contributed by atoms with van der Waals surface area (Å²) in [6.45, 7) is 3.27. The van der Waals surface area contributed by atoms with Gasteiger partial charge in [-0.15, -0.1) is 22.7 Å². The van der Waals surface area contributed by atoms with E-state index in [4.69, 9.17) is 0 Å². The molecule has 108 valence electrons. The highest BCUT2D eigenvalue weighted by molar-refractivity contribution is 9.12. The summed E-state index contributed by atoms with van der Waals surface area (Å²) in [4.78, 5) is 3.07. The highest BCUT2D eigenvalue weighted by atomic mass is 79.9. The second-order valence-electron chi connectivity index (χ2n) is 5.12. The van der Waals surface area contributed by atoms with Crippen molar-refractivity contribution in [3.63, 3.8) is 0 Å². The van der Waals surface area contributed by atoms with Gasteiger partial charge in [-0.3, -0.25) is 0 Å². The topological polar surface area (TPSA) is 12.0 Å². The molecule has 0 radical (unpaired) electrons. The van der Waals surface area contributed by atoms with Gasteiger partial charge in [-0.2, -0.15) is 0 Å². The number of thiophene rings is 2. The van der Waals surface area contributed by atoms with E-state index < -0.39 is 0 Å². The normalized spacial score (nSPS) is 15.6. The summed E-state index contributed by atoms with van der Waals surface area (Å²) in [5.74, 6) is 0. The van der Waals surface area contributed by atoms with Gasteiger partial charge < -0.3 is 5.32 Å². The fraction of sp³-hybridized carbons (Fsp3) is 0.467. The number of fused-ring (bicyclic) bond motifs is 1. The van der Waals surface area contributed by atoms with Gasteiger partial charge >= 0.3 is 0 Å². The summed E-state index contributed by atoms with van der Waals surface area (Å²) in [5.41, 5.74) is 2.94. The van der Waals surface area contributed by atoms with Crippen LogP contribution in [0.5, 0.6) is 0 Å². The molecule has 1 aliphatic carbocycles. The van der Waals surface area contributed by atoms with E-state index >= 15 is 0 Å². The van der Waals surface area contributed by atoms with Crippen molar-refractivity contribution in [3.05, 3.63) is 40.6 Å². The van der Waals surface area contributed by atoms with Crippen LogP contribution in [0.1, 0.15) is 46.7 Å². The maximum absolute atomic E-state index is 3.72. The van der Waals surface area contributed by atoms with Crippen molar-refractivity contribution < 1.29 is 0 Å². The summed E-state index contributed by atoms with van der Waals surface area (Å²) in [6, 6.07) is 4.99. The van der Waals surface area contributed by atoms with Crippen molar-refractivity contribution in [1.29, 1.82) is 0 Å². The van der Waals surface area contributed by atoms with E-state index in [1.807, 2.05) is 11.3 Å². The molecule has 2 aromatic rings. The molecule has 0 saturated carbocycles. The van der Waals surface area contributed by atoms with Crippen molar-refractivity contribution in [2.24, 2.45) is 0 Å². The van der Waals surface area contributed by atoms with Crippen LogP contribution in [-0.2, 0) is 12.8 Å². The van der Waals surface area contributed by atoms with Crippen LogP contribution in [0.15, 0.2) is 19.7 Å². The van der Waals surface area contributed by atoms with Gasteiger partial charge in [-0.1, -0.05) is 6.92 Å². The standard InChI is InChI=1S/C15H17Br2NS2/c1-2-6-18-14(10-8-13(16)20-15(10)17)12-7-9-4-3-5-11(9)19-12/h7-8,14,18H,2-6H2,1H3. The van der Waals surface area contributed by atoms with Crippen LogP contribution in [0.3, 0.4) is 0 Å². The molecule has 0 fully saturated rings. The molecule has 1 N–H and O–H groups in total. The van der Waals surface area contributed by atoms with Crippen molar-refractivity contribution in [3.8, 4) is 0 Å². The first kappa shape index (κ1) is 15.2. The molecule has 0 amide bonds. The van der Waals surface area contributed by atoms with Crippen molar-refractivity contribution in [1.82, 2.24) is 5.32 Å². The lowest BCUT2D eigenvalue weighted by Crippen LogP contribution is -2.22. The summed E-state index contributed by atoms with van der Waals surface area (Å²) >= 11 is 11.1. The molecule has 1 unspecified atom stereocenters. The molecule has 0 aromatic carbocycles. The molecule has 0 spiro atoms. The fourth-order valence-electron chi connectivity index (χ4n) is 2.70. The van der Waals surface area contributed by atoms with Crippen LogP contribution < -0.4 is 5.32 Å². The highest BCUT2D eigenvalue weighted by Gasteiger charge is 2.23. The Morgan fingerprint density at radius 3 is 2.75 bits per heavy atom. The second-order valence-corrected chi connectivity index (χ2v) is 10.0. The minimum absolute atomic E-state index is 0.322. The molecular formula is C15H17Br2NS2. The third-order valence-corrected chi connectivity index (χ3v) is 7.33. The van der Waals surface area contributed by atoms with Gasteiger partial charge in [0.25, 0.3) is 0 Å². The number of hydrogen-bond acceptors (Lipinski definition) is 3. The van der Waals surface area contributed by atoms with Gasteiger partial charge in [0.15, 0.2) is 0 Å².